The second-order valence-corrected chi connectivity index (χ2v) is 6.40. The first-order valence-corrected chi connectivity index (χ1v) is 8.30. The number of aryl methyl sites for hydroxylation is 1. The van der Waals surface area contributed by atoms with Crippen LogP contribution in [0, 0.1) is 17.0 Å². The van der Waals surface area contributed by atoms with Gasteiger partial charge in [0, 0.05) is 0 Å². The summed E-state index contributed by atoms with van der Waals surface area (Å²) in [6.45, 7) is 4.15. The molecule has 0 aliphatic heterocycles. The van der Waals surface area contributed by atoms with Gasteiger partial charge in [-0.25, -0.2) is 8.78 Å². The van der Waals surface area contributed by atoms with Crippen molar-refractivity contribution in [2.45, 2.75) is 58.3 Å². The fraction of sp³-hybridized carbons (Fsp3) is 0.667. The topological polar surface area (TPSA) is 12.0 Å². The maximum atomic E-state index is 13.8. The van der Waals surface area contributed by atoms with Gasteiger partial charge in [-0.05, 0) is 74.4 Å². The molecule has 2 rings (SSSR count). The highest BCUT2D eigenvalue weighted by molar-refractivity contribution is 5.19. The minimum Gasteiger partial charge on any atom is -0.317 e. The number of rotatable bonds is 7. The third kappa shape index (κ3) is 4.77. The Morgan fingerprint density at radius 1 is 1.10 bits per heavy atom. The van der Waals surface area contributed by atoms with Crippen molar-refractivity contribution in [2.24, 2.45) is 5.41 Å². The molecule has 1 N–H and O–H groups in total. The maximum absolute atomic E-state index is 13.8. The summed E-state index contributed by atoms with van der Waals surface area (Å²) in [6, 6.07) is 3.80. The summed E-state index contributed by atoms with van der Waals surface area (Å²) in [7, 11) is 0. The Balaban J connectivity index is 1.99. The van der Waals surface area contributed by atoms with Crippen molar-refractivity contribution in [3.05, 3.63) is 35.4 Å². The van der Waals surface area contributed by atoms with Crippen LogP contribution in [0.25, 0.3) is 0 Å². The van der Waals surface area contributed by atoms with E-state index in [0.717, 1.165) is 25.9 Å². The first kappa shape index (κ1) is 16.4. The molecule has 0 heterocycles. The van der Waals surface area contributed by atoms with Crippen molar-refractivity contribution < 1.29 is 8.78 Å². The molecule has 1 fully saturated rings. The number of halogens is 2. The van der Waals surface area contributed by atoms with Crippen LogP contribution in [0.4, 0.5) is 8.78 Å². The number of hydrogen-bond donors (Lipinski definition) is 1. The number of hydrogen-bond acceptors (Lipinski definition) is 1. The molecule has 0 unspecified atom stereocenters. The zero-order chi connectivity index (χ0) is 15.1. The summed E-state index contributed by atoms with van der Waals surface area (Å²) >= 11 is 0. The number of benzene rings is 1. The van der Waals surface area contributed by atoms with E-state index in [2.05, 4.69) is 12.2 Å². The van der Waals surface area contributed by atoms with Crippen LogP contribution in [-0.2, 0) is 6.42 Å². The van der Waals surface area contributed by atoms with E-state index in [9.17, 15) is 8.78 Å². The minimum absolute atomic E-state index is 0.269. The van der Waals surface area contributed by atoms with Crippen LogP contribution in [-0.4, -0.2) is 13.1 Å². The van der Waals surface area contributed by atoms with Gasteiger partial charge in [0.15, 0.2) is 0 Å². The Hall–Kier alpha value is -0.960. The zero-order valence-corrected chi connectivity index (χ0v) is 13.1. The van der Waals surface area contributed by atoms with Crippen LogP contribution in [0.5, 0.6) is 0 Å². The van der Waals surface area contributed by atoms with E-state index in [4.69, 9.17) is 0 Å². The van der Waals surface area contributed by atoms with E-state index in [-0.39, 0.29) is 11.6 Å². The molecular weight excluding hydrogens is 268 g/mol. The third-order valence-electron chi connectivity index (χ3n) is 4.93. The first-order chi connectivity index (χ1) is 10.2. The Labute approximate surface area is 127 Å². The molecule has 1 saturated carbocycles. The molecule has 1 aromatic rings. The van der Waals surface area contributed by atoms with Crippen LogP contribution < -0.4 is 5.32 Å². The van der Waals surface area contributed by atoms with Crippen molar-refractivity contribution in [3.8, 4) is 0 Å². The first-order valence-electron chi connectivity index (χ1n) is 8.30. The molecule has 0 radical (unpaired) electrons. The van der Waals surface area contributed by atoms with Gasteiger partial charge in [0.2, 0.25) is 0 Å². The lowest BCUT2D eigenvalue weighted by Crippen LogP contribution is -2.30. The normalized spacial score (nSPS) is 17.9. The van der Waals surface area contributed by atoms with Crippen molar-refractivity contribution >= 4 is 0 Å². The quantitative estimate of drug-likeness (QED) is 0.709. The molecule has 3 heteroatoms. The van der Waals surface area contributed by atoms with Crippen molar-refractivity contribution in [1.82, 2.24) is 5.32 Å². The van der Waals surface area contributed by atoms with Gasteiger partial charge in [-0.15, -0.1) is 0 Å². The van der Waals surface area contributed by atoms with E-state index in [1.165, 1.54) is 50.3 Å². The lowest BCUT2D eigenvalue weighted by Gasteiger charge is -2.38. The highest BCUT2D eigenvalue weighted by Crippen LogP contribution is 2.43. The fourth-order valence-corrected chi connectivity index (χ4v) is 3.59. The van der Waals surface area contributed by atoms with Gasteiger partial charge in [-0.1, -0.05) is 26.2 Å². The molecule has 1 aliphatic carbocycles. The van der Waals surface area contributed by atoms with E-state index in [1.54, 1.807) is 0 Å². The highest BCUT2D eigenvalue weighted by Gasteiger charge is 2.31. The summed E-state index contributed by atoms with van der Waals surface area (Å²) in [5, 5.41) is 3.40. The van der Waals surface area contributed by atoms with Gasteiger partial charge in [0.25, 0.3) is 0 Å². The Morgan fingerprint density at radius 3 is 2.57 bits per heavy atom. The SMILES string of the molecule is CCNCCC1(CCc2cc(F)ccc2F)CCCCC1. The standard InChI is InChI=1S/C18H27F2N/c1-2-21-13-12-18(9-4-3-5-10-18)11-8-15-14-16(19)6-7-17(15)20/h6-7,14,21H,2-5,8-13H2,1H3. The molecular formula is C18H27F2N. The van der Waals surface area contributed by atoms with E-state index >= 15 is 0 Å². The Bertz CT molecular complexity index is 439. The molecule has 0 spiro atoms. The van der Waals surface area contributed by atoms with Crippen LogP contribution in [0.15, 0.2) is 18.2 Å². The molecule has 1 aliphatic rings. The summed E-state index contributed by atoms with van der Waals surface area (Å²) in [4.78, 5) is 0. The maximum Gasteiger partial charge on any atom is 0.126 e. The molecule has 1 aromatic carbocycles. The van der Waals surface area contributed by atoms with Crippen molar-refractivity contribution in [2.75, 3.05) is 13.1 Å². The third-order valence-corrected chi connectivity index (χ3v) is 4.93. The minimum atomic E-state index is -0.336. The number of nitrogens with one attached hydrogen (secondary N) is 1. The summed E-state index contributed by atoms with van der Waals surface area (Å²) < 4.78 is 27.1. The molecule has 0 aromatic heterocycles. The largest absolute Gasteiger partial charge is 0.317 e. The molecule has 118 valence electrons. The lowest BCUT2D eigenvalue weighted by molar-refractivity contribution is 0.156. The Kier molecular flexibility index (Phi) is 6.16. The predicted octanol–water partition coefficient (Wildman–Crippen LogP) is 4.85. The molecule has 0 saturated heterocycles. The highest BCUT2D eigenvalue weighted by atomic mass is 19.1. The van der Waals surface area contributed by atoms with Gasteiger partial charge >= 0.3 is 0 Å². The average molecular weight is 295 g/mol. The molecule has 1 nitrogen and oxygen atoms in total. The molecule has 0 atom stereocenters. The summed E-state index contributed by atoms with van der Waals surface area (Å²) in [6.07, 6.45) is 9.10. The second-order valence-electron chi connectivity index (χ2n) is 6.40. The molecule has 0 amide bonds. The lowest BCUT2D eigenvalue weighted by atomic mass is 9.68. The molecule has 21 heavy (non-hydrogen) atoms. The van der Waals surface area contributed by atoms with Crippen molar-refractivity contribution in [3.63, 3.8) is 0 Å². The van der Waals surface area contributed by atoms with Gasteiger partial charge in [-0.3, -0.25) is 0 Å². The van der Waals surface area contributed by atoms with Gasteiger partial charge in [0.05, 0.1) is 0 Å². The molecule has 0 bridgehead atoms. The zero-order valence-electron chi connectivity index (χ0n) is 13.1. The van der Waals surface area contributed by atoms with Gasteiger partial charge in [0.1, 0.15) is 11.6 Å². The van der Waals surface area contributed by atoms with E-state index in [1.807, 2.05) is 0 Å². The smallest absolute Gasteiger partial charge is 0.126 e. The van der Waals surface area contributed by atoms with Gasteiger partial charge in [-0.2, -0.15) is 0 Å². The predicted molar refractivity (Wildman–Crippen MR) is 83.4 cm³/mol. The average Bonchev–Trinajstić information content (AvgIpc) is 2.50. The van der Waals surface area contributed by atoms with E-state index < -0.39 is 0 Å². The van der Waals surface area contributed by atoms with E-state index in [0.29, 0.717) is 17.4 Å². The van der Waals surface area contributed by atoms with Gasteiger partial charge < -0.3 is 5.32 Å². The summed E-state index contributed by atoms with van der Waals surface area (Å²) in [5.74, 6) is -0.606. The van der Waals surface area contributed by atoms with Crippen LogP contribution in [0.1, 0.15) is 57.4 Å². The van der Waals surface area contributed by atoms with Crippen LogP contribution in [0.3, 0.4) is 0 Å². The summed E-state index contributed by atoms with van der Waals surface area (Å²) in [5.41, 5.74) is 0.850. The monoisotopic (exact) mass is 295 g/mol. The Morgan fingerprint density at radius 2 is 1.86 bits per heavy atom. The fourth-order valence-electron chi connectivity index (χ4n) is 3.59. The van der Waals surface area contributed by atoms with Crippen molar-refractivity contribution in [1.29, 1.82) is 0 Å². The second kappa shape index (κ2) is 7.88. The van der Waals surface area contributed by atoms with Crippen LogP contribution in [0.2, 0.25) is 0 Å². The van der Waals surface area contributed by atoms with Crippen LogP contribution >= 0.6 is 0 Å².